The number of nitrogens with one attached hydrogen (secondary N) is 1. The van der Waals surface area contributed by atoms with Crippen molar-refractivity contribution in [2.24, 2.45) is 0 Å². The van der Waals surface area contributed by atoms with Gasteiger partial charge < -0.3 is 15.6 Å². The summed E-state index contributed by atoms with van der Waals surface area (Å²) >= 11 is 0. The fraction of sp³-hybridized carbons (Fsp3) is 0.273. The summed E-state index contributed by atoms with van der Waals surface area (Å²) in [6.45, 7) is 3.80. The van der Waals surface area contributed by atoms with E-state index in [0.29, 0.717) is 17.5 Å². The molecule has 2 aromatic heterocycles. The van der Waals surface area contributed by atoms with Crippen molar-refractivity contribution in [3.05, 3.63) is 34.7 Å². The van der Waals surface area contributed by atoms with Gasteiger partial charge in [-0.2, -0.15) is 0 Å². The first kappa shape index (κ1) is 12.3. The van der Waals surface area contributed by atoms with Crippen LogP contribution >= 0.6 is 0 Å². The lowest BCUT2D eigenvalue weighted by molar-refractivity contribution is 0.392. The van der Waals surface area contributed by atoms with Crippen molar-refractivity contribution < 1.29 is 13.3 Å². The van der Waals surface area contributed by atoms with Crippen LogP contribution in [0.25, 0.3) is 0 Å². The van der Waals surface area contributed by atoms with Crippen LogP contribution in [-0.4, -0.2) is 10.1 Å². The first-order valence-electron chi connectivity index (χ1n) is 5.26. The molecule has 0 unspecified atom stereocenters. The van der Waals surface area contributed by atoms with Crippen molar-refractivity contribution in [3.8, 4) is 0 Å². The summed E-state index contributed by atoms with van der Waals surface area (Å²) in [4.78, 5) is 3.60. The molecule has 18 heavy (non-hydrogen) atoms. The van der Waals surface area contributed by atoms with Gasteiger partial charge >= 0.3 is 0 Å². The number of nitrogens with two attached hydrogens (primary N) is 1. The van der Waals surface area contributed by atoms with Crippen LogP contribution < -0.4 is 11.1 Å². The van der Waals surface area contributed by atoms with Gasteiger partial charge in [-0.1, -0.05) is 5.16 Å². The van der Waals surface area contributed by atoms with Gasteiger partial charge in [0.1, 0.15) is 5.76 Å². The number of rotatable bonds is 3. The van der Waals surface area contributed by atoms with Crippen LogP contribution in [0.15, 0.2) is 10.6 Å². The van der Waals surface area contributed by atoms with Crippen LogP contribution in [0.5, 0.6) is 0 Å². The molecule has 2 rings (SSSR count). The Bertz CT molecular complexity index is 563. The summed E-state index contributed by atoms with van der Waals surface area (Å²) in [7, 11) is 0. The molecule has 2 aromatic rings. The first-order valence-corrected chi connectivity index (χ1v) is 5.26. The summed E-state index contributed by atoms with van der Waals surface area (Å²) in [5.41, 5.74) is 6.78. The smallest absolute Gasteiger partial charge is 0.168 e. The molecule has 0 saturated carbocycles. The Morgan fingerprint density at radius 2 is 2.06 bits per heavy atom. The maximum Gasteiger partial charge on any atom is 0.168 e. The van der Waals surface area contributed by atoms with E-state index >= 15 is 0 Å². The maximum absolute atomic E-state index is 13.4. The van der Waals surface area contributed by atoms with E-state index in [4.69, 9.17) is 10.3 Å². The molecule has 0 amide bonds. The van der Waals surface area contributed by atoms with Crippen LogP contribution in [0.2, 0.25) is 0 Å². The molecular weight excluding hydrogens is 242 g/mol. The Morgan fingerprint density at radius 1 is 1.33 bits per heavy atom. The number of pyridine rings is 1. The predicted molar refractivity (Wildman–Crippen MR) is 61.9 cm³/mol. The Hall–Kier alpha value is -2.18. The van der Waals surface area contributed by atoms with Crippen molar-refractivity contribution >= 4 is 11.6 Å². The molecule has 96 valence electrons. The summed E-state index contributed by atoms with van der Waals surface area (Å²) in [6.07, 6.45) is 0. The second kappa shape index (κ2) is 4.59. The predicted octanol–water partition coefficient (Wildman–Crippen LogP) is 2.16. The van der Waals surface area contributed by atoms with Crippen LogP contribution in [0.4, 0.5) is 20.4 Å². The Kier molecular flexibility index (Phi) is 3.14. The SMILES string of the molecule is Cc1noc(C)c1CNc1nc(N)c(F)cc1F. The fourth-order valence-corrected chi connectivity index (χ4v) is 1.53. The zero-order chi connectivity index (χ0) is 13.3. The number of nitrogen functional groups attached to an aromatic ring is 1. The quantitative estimate of drug-likeness (QED) is 0.877. The van der Waals surface area contributed by atoms with Gasteiger partial charge in [-0.15, -0.1) is 0 Å². The van der Waals surface area contributed by atoms with Crippen LogP contribution in [0.1, 0.15) is 17.0 Å². The van der Waals surface area contributed by atoms with Crippen LogP contribution in [0.3, 0.4) is 0 Å². The Balaban J connectivity index is 2.18. The third-order valence-corrected chi connectivity index (χ3v) is 2.57. The van der Waals surface area contributed by atoms with E-state index in [0.717, 1.165) is 5.56 Å². The van der Waals surface area contributed by atoms with Gasteiger partial charge in [0.15, 0.2) is 23.3 Å². The molecule has 0 aliphatic rings. The third-order valence-electron chi connectivity index (χ3n) is 2.57. The van der Waals surface area contributed by atoms with Crippen molar-refractivity contribution in [1.82, 2.24) is 10.1 Å². The van der Waals surface area contributed by atoms with E-state index in [1.54, 1.807) is 13.8 Å². The molecule has 0 radical (unpaired) electrons. The monoisotopic (exact) mass is 254 g/mol. The average molecular weight is 254 g/mol. The minimum absolute atomic E-state index is 0.103. The maximum atomic E-state index is 13.4. The van der Waals surface area contributed by atoms with E-state index in [9.17, 15) is 8.78 Å². The number of anilines is 2. The average Bonchev–Trinajstić information content (AvgIpc) is 2.62. The second-order valence-electron chi connectivity index (χ2n) is 3.84. The zero-order valence-electron chi connectivity index (χ0n) is 9.92. The van der Waals surface area contributed by atoms with Gasteiger partial charge in [0.25, 0.3) is 0 Å². The second-order valence-corrected chi connectivity index (χ2v) is 3.84. The van der Waals surface area contributed by atoms with Gasteiger partial charge in [-0.3, -0.25) is 0 Å². The summed E-state index contributed by atoms with van der Waals surface area (Å²) in [5.74, 6) is -1.49. The lowest BCUT2D eigenvalue weighted by Crippen LogP contribution is -2.07. The largest absolute Gasteiger partial charge is 0.381 e. The highest BCUT2D eigenvalue weighted by molar-refractivity contribution is 5.45. The Labute approximate surface area is 102 Å². The molecule has 0 atom stereocenters. The molecule has 0 saturated heterocycles. The topological polar surface area (TPSA) is 77.0 Å². The lowest BCUT2D eigenvalue weighted by Gasteiger charge is -2.07. The molecule has 0 aliphatic carbocycles. The van der Waals surface area contributed by atoms with E-state index in [-0.39, 0.29) is 18.2 Å². The molecule has 2 heterocycles. The number of aryl methyl sites for hydroxylation is 2. The van der Waals surface area contributed by atoms with Gasteiger partial charge in [0.05, 0.1) is 5.69 Å². The standard InChI is InChI=1S/C11H12F2N4O/c1-5-7(6(2)18-17-5)4-15-11-9(13)3-8(12)10(14)16-11/h3H,4H2,1-2H3,(H3,14,15,16). The summed E-state index contributed by atoms with van der Waals surface area (Å²) in [6, 6.07) is 0.692. The molecule has 5 nitrogen and oxygen atoms in total. The van der Waals surface area contributed by atoms with Crippen molar-refractivity contribution in [1.29, 1.82) is 0 Å². The zero-order valence-corrected chi connectivity index (χ0v) is 9.92. The van der Waals surface area contributed by atoms with Crippen molar-refractivity contribution in [2.45, 2.75) is 20.4 Å². The number of hydrogen-bond acceptors (Lipinski definition) is 5. The number of nitrogens with zero attached hydrogens (tertiary/aromatic N) is 2. The fourth-order valence-electron chi connectivity index (χ4n) is 1.53. The first-order chi connectivity index (χ1) is 8.49. The highest BCUT2D eigenvalue weighted by atomic mass is 19.1. The van der Waals surface area contributed by atoms with Gasteiger partial charge in [-0.25, -0.2) is 13.8 Å². The minimum Gasteiger partial charge on any atom is -0.381 e. The van der Waals surface area contributed by atoms with Crippen molar-refractivity contribution in [3.63, 3.8) is 0 Å². The molecule has 0 bridgehead atoms. The van der Waals surface area contributed by atoms with E-state index in [1.165, 1.54) is 0 Å². The third kappa shape index (κ3) is 2.24. The normalized spacial score (nSPS) is 10.7. The molecule has 3 N–H and O–H groups in total. The molecule has 0 fully saturated rings. The van der Waals surface area contributed by atoms with Gasteiger partial charge in [-0.05, 0) is 13.8 Å². The van der Waals surface area contributed by atoms with E-state index in [2.05, 4.69) is 15.5 Å². The van der Waals surface area contributed by atoms with Crippen LogP contribution in [0, 0.1) is 25.5 Å². The van der Waals surface area contributed by atoms with E-state index < -0.39 is 11.6 Å². The highest BCUT2D eigenvalue weighted by Crippen LogP contribution is 2.19. The van der Waals surface area contributed by atoms with Crippen LogP contribution in [-0.2, 0) is 6.54 Å². The Morgan fingerprint density at radius 3 is 2.67 bits per heavy atom. The molecule has 0 aliphatic heterocycles. The number of aromatic nitrogens is 2. The number of hydrogen-bond donors (Lipinski definition) is 2. The van der Waals surface area contributed by atoms with Gasteiger partial charge in [0, 0.05) is 18.2 Å². The molecule has 0 spiro atoms. The van der Waals surface area contributed by atoms with Crippen molar-refractivity contribution in [2.75, 3.05) is 11.1 Å². The molecule has 0 aromatic carbocycles. The lowest BCUT2D eigenvalue weighted by atomic mass is 10.2. The summed E-state index contributed by atoms with van der Waals surface area (Å²) in [5, 5.41) is 6.50. The molecular formula is C11H12F2N4O. The number of halogens is 2. The minimum atomic E-state index is -0.879. The highest BCUT2D eigenvalue weighted by Gasteiger charge is 2.12. The van der Waals surface area contributed by atoms with Gasteiger partial charge in [0.2, 0.25) is 0 Å². The summed E-state index contributed by atoms with van der Waals surface area (Å²) < 4.78 is 31.3. The van der Waals surface area contributed by atoms with E-state index in [1.807, 2.05) is 0 Å². The molecule has 7 heteroatoms.